The van der Waals surface area contributed by atoms with E-state index in [1.165, 1.54) is 19.1 Å². The van der Waals surface area contributed by atoms with Gasteiger partial charge in [-0.25, -0.2) is 4.39 Å². The lowest BCUT2D eigenvalue weighted by Gasteiger charge is -2.62. The molecule has 0 aromatic heterocycles. The van der Waals surface area contributed by atoms with E-state index in [0.717, 1.165) is 5.57 Å². The number of hydrogen-bond acceptors (Lipinski definition) is 5. The third-order valence-corrected chi connectivity index (χ3v) is 11.1. The van der Waals surface area contributed by atoms with E-state index in [1.807, 2.05) is 13.8 Å². The zero-order valence-electron chi connectivity index (χ0n) is 18.4. The molecule has 0 amide bonds. The van der Waals surface area contributed by atoms with Gasteiger partial charge in [-0.15, -0.1) is 0 Å². The maximum Gasteiger partial charge on any atom is 0.303 e. The van der Waals surface area contributed by atoms with Crippen LogP contribution in [0, 0.1) is 28.6 Å². The van der Waals surface area contributed by atoms with Gasteiger partial charge < -0.3 is 9.84 Å². The van der Waals surface area contributed by atoms with Crippen molar-refractivity contribution in [3.8, 4) is 0 Å². The van der Waals surface area contributed by atoms with Gasteiger partial charge in [-0.1, -0.05) is 41.4 Å². The Morgan fingerprint density at radius 1 is 1.32 bits per heavy atom. The third kappa shape index (κ3) is 2.78. The number of aliphatic hydroxyl groups excluding tert-OH is 1. The zero-order valence-corrected chi connectivity index (χ0v) is 20.0. The minimum atomic E-state index is -1.92. The number of Topliss-reactive ketones (excluding diaryl/α,β-unsaturated/α-hetero) is 1. The van der Waals surface area contributed by atoms with Gasteiger partial charge in [-0.3, -0.25) is 14.4 Å². The van der Waals surface area contributed by atoms with E-state index >= 15 is 4.39 Å². The maximum absolute atomic E-state index is 17.1. The van der Waals surface area contributed by atoms with E-state index in [9.17, 15) is 19.5 Å². The summed E-state index contributed by atoms with van der Waals surface area (Å²) in [6.45, 7) is 6.62. The molecule has 1 N–H and O–H groups in total. The van der Waals surface area contributed by atoms with Gasteiger partial charge in [0.25, 0.3) is 0 Å². The normalized spacial score (nSPS) is 48.4. The summed E-state index contributed by atoms with van der Waals surface area (Å²) >= 11 is 3.73. The summed E-state index contributed by atoms with van der Waals surface area (Å²) in [6, 6.07) is 0. The molecule has 0 aromatic carbocycles. The number of alkyl halides is 2. The average Bonchev–Trinajstić information content (AvgIpc) is 2.89. The summed E-state index contributed by atoms with van der Waals surface area (Å²) in [5.41, 5.74) is -2.93. The lowest BCUT2D eigenvalue weighted by molar-refractivity contribution is -0.193. The Kier molecular flexibility index (Phi) is 5.21. The van der Waals surface area contributed by atoms with Gasteiger partial charge in [0.1, 0.15) is 0 Å². The molecule has 7 heteroatoms. The summed E-state index contributed by atoms with van der Waals surface area (Å²) < 4.78 is 21.1. The smallest absolute Gasteiger partial charge is 0.303 e. The van der Waals surface area contributed by atoms with Crippen molar-refractivity contribution >= 4 is 33.5 Å². The van der Waals surface area contributed by atoms with Gasteiger partial charge in [0.05, 0.1) is 10.4 Å². The highest BCUT2D eigenvalue weighted by molar-refractivity contribution is 9.10. The van der Waals surface area contributed by atoms with Crippen LogP contribution in [-0.2, 0) is 19.1 Å². The number of carbonyl (C=O) groups excluding carboxylic acids is 3. The van der Waals surface area contributed by atoms with E-state index in [2.05, 4.69) is 15.9 Å². The molecule has 4 aliphatic carbocycles. The van der Waals surface area contributed by atoms with E-state index < -0.39 is 38.8 Å². The second-order valence-electron chi connectivity index (χ2n) is 10.3. The molecule has 0 heterocycles. The Morgan fingerprint density at radius 2 is 2.00 bits per heavy atom. The highest BCUT2D eigenvalue weighted by Gasteiger charge is 2.75. The number of hydrogen-bond donors (Lipinski definition) is 1. The van der Waals surface area contributed by atoms with Crippen molar-refractivity contribution in [2.24, 2.45) is 28.6 Å². The van der Waals surface area contributed by atoms with Gasteiger partial charge in [-0.2, -0.15) is 0 Å². The molecule has 0 aromatic rings. The SMILES string of the molecule is CC(=O)OCC(=O)[C@@]1(Br)[C@H](C)C[C@H]2[C@@H]3CCC4=CC(=O)C=C[C@]4(C)[C@@]3(F)[C@@H](O)C[C@@]21C. The molecule has 170 valence electrons. The Hall–Kier alpha value is -1.34. The number of aliphatic hydroxyl groups is 1. The maximum atomic E-state index is 17.1. The lowest BCUT2D eigenvalue weighted by atomic mass is 9.45. The first-order valence-corrected chi connectivity index (χ1v) is 11.8. The van der Waals surface area contributed by atoms with Gasteiger partial charge in [0.2, 0.25) is 0 Å². The molecule has 3 fully saturated rings. The topological polar surface area (TPSA) is 80.7 Å². The average molecular weight is 497 g/mol. The van der Waals surface area contributed by atoms with Gasteiger partial charge in [0.15, 0.2) is 23.8 Å². The Morgan fingerprint density at radius 3 is 2.65 bits per heavy atom. The second kappa shape index (κ2) is 7.08. The number of carbonyl (C=O) groups is 3. The van der Waals surface area contributed by atoms with Crippen LogP contribution in [0.5, 0.6) is 0 Å². The van der Waals surface area contributed by atoms with Gasteiger partial charge in [0, 0.05) is 18.3 Å². The standard InChI is InChI=1S/C24H30BrFO5/c1-13-9-18-17-6-5-15-10-16(28)7-8-21(15,3)24(17,26)19(29)11-22(18,4)23(13,25)20(30)12-31-14(2)27/h7-8,10,13,17-19,29H,5-6,9,11-12H2,1-4H3/t13-,17+,18+,19+,21+,22+,23+,24+/m1/s1. The molecule has 0 spiro atoms. The summed E-state index contributed by atoms with van der Waals surface area (Å²) in [7, 11) is 0. The van der Waals surface area contributed by atoms with E-state index in [-0.39, 0.29) is 36.4 Å². The van der Waals surface area contributed by atoms with Crippen LogP contribution in [0.15, 0.2) is 23.8 Å². The van der Waals surface area contributed by atoms with Crippen LogP contribution in [0.2, 0.25) is 0 Å². The van der Waals surface area contributed by atoms with Crippen molar-refractivity contribution in [3.63, 3.8) is 0 Å². The number of rotatable bonds is 3. The van der Waals surface area contributed by atoms with Crippen LogP contribution < -0.4 is 0 Å². The van der Waals surface area contributed by atoms with Crippen LogP contribution in [0.1, 0.15) is 53.4 Å². The first-order chi connectivity index (χ1) is 14.3. The van der Waals surface area contributed by atoms with Crippen LogP contribution in [-0.4, -0.2) is 45.3 Å². The largest absolute Gasteiger partial charge is 0.458 e. The van der Waals surface area contributed by atoms with Crippen LogP contribution in [0.3, 0.4) is 0 Å². The monoisotopic (exact) mass is 496 g/mol. The van der Waals surface area contributed by atoms with Crippen LogP contribution in [0.25, 0.3) is 0 Å². The Labute approximate surface area is 190 Å². The molecule has 4 rings (SSSR count). The molecule has 0 bridgehead atoms. The molecule has 4 aliphatic rings. The predicted molar refractivity (Wildman–Crippen MR) is 116 cm³/mol. The van der Waals surface area contributed by atoms with Gasteiger partial charge in [-0.05, 0) is 62.0 Å². The third-order valence-electron chi connectivity index (χ3n) is 8.96. The summed E-state index contributed by atoms with van der Waals surface area (Å²) in [4.78, 5) is 36.5. The minimum absolute atomic E-state index is 0.108. The molecule has 0 saturated heterocycles. The number of ether oxygens (including phenoxy) is 1. The summed E-state index contributed by atoms with van der Waals surface area (Å²) in [5, 5.41) is 11.3. The van der Waals surface area contributed by atoms with Crippen molar-refractivity contribution in [2.45, 2.75) is 69.5 Å². The number of ketones is 2. The van der Waals surface area contributed by atoms with Crippen molar-refractivity contribution in [1.82, 2.24) is 0 Å². The molecular weight excluding hydrogens is 467 g/mol. The highest BCUT2D eigenvalue weighted by atomic mass is 79.9. The number of halogens is 2. The van der Waals surface area contributed by atoms with Crippen LogP contribution >= 0.6 is 15.9 Å². The molecule has 0 aliphatic heterocycles. The van der Waals surface area contributed by atoms with E-state index in [4.69, 9.17) is 4.74 Å². The molecule has 0 unspecified atom stereocenters. The molecule has 8 atom stereocenters. The Bertz CT molecular complexity index is 914. The number of allylic oxidation sites excluding steroid dienone is 4. The number of esters is 1. The lowest BCUT2D eigenvalue weighted by Crippen LogP contribution is -2.68. The second-order valence-corrected chi connectivity index (χ2v) is 11.6. The highest BCUT2D eigenvalue weighted by Crippen LogP contribution is 2.72. The summed E-state index contributed by atoms with van der Waals surface area (Å²) in [6.07, 6.45) is 5.11. The fourth-order valence-electron chi connectivity index (χ4n) is 7.38. The molecule has 3 saturated carbocycles. The van der Waals surface area contributed by atoms with Crippen molar-refractivity contribution in [3.05, 3.63) is 23.8 Å². The van der Waals surface area contributed by atoms with Crippen molar-refractivity contribution in [2.75, 3.05) is 6.61 Å². The number of fused-ring (bicyclic) bond motifs is 5. The van der Waals surface area contributed by atoms with Gasteiger partial charge >= 0.3 is 5.97 Å². The summed E-state index contributed by atoms with van der Waals surface area (Å²) in [5.74, 6) is -1.63. The van der Waals surface area contributed by atoms with Crippen LogP contribution in [0.4, 0.5) is 4.39 Å². The zero-order chi connectivity index (χ0) is 23.0. The van der Waals surface area contributed by atoms with E-state index in [0.29, 0.717) is 19.3 Å². The van der Waals surface area contributed by atoms with Crippen molar-refractivity contribution in [1.29, 1.82) is 0 Å². The minimum Gasteiger partial charge on any atom is -0.458 e. The quantitative estimate of drug-likeness (QED) is 0.473. The molecule has 5 nitrogen and oxygen atoms in total. The molecule has 31 heavy (non-hydrogen) atoms. The fourth-order valence-corrected chi connectivity index (χ4v) is 8.14. The van der Waals surface area contributed by atoms with Crippen molar-refractivity contribution < 1.29 is 28.6 Å². The Balaban J connectivity index is 1.76. The molecule has 0 radical (unpaired) electrons. The van der Waals surface area contributed by atoms with E-state index in [1.54, 1.807) is 13.0 Å². The first-order valence-electron chi connectivity index (χ1n) is 11.0. The first kappa shape index (κ1) is 22.8. The predicted octanol–water partition coefficient (Wildman–Crippen LogP) is 3.87. The molecular formula is C24H30BrFO5. The fraction of sp³-hybridized carbons (Fsp3) is 0.708.